The van der Waals surface area contributed by atoms with Gasteiger partial charge in [0.1, 0.15) is 5.75 Å². The van der Waals surface area contributed by atoms with Crippen LogP contribution < -0.4 is 10.1 Å². The second-order valence-electron chi connectivity index (χ2n) is 7.71. The molecular weight excluding hydrogens is 368 g/mol. The molecule has 6 heteroatoms. The van der Waals surface area contributed by atoms with Gasteiger partial charge in [-0.3, -0.25) is 4.79 Å². The minimum atomic E-state index is -0.775. The molecule has 152 valence electrons. The number of nitrogens with one attached hydrogen (secondary N) is 1. The average molecular weight is 394 g/mol. The zero-order valence-electron chi connectivity index (χ0n) is 16.3. The number of nitrogens with zero attached hydrogens (tertiary/aromatic N) is 1. The van der Waals surface area contributed by atoms with Gasteiger partial charge in [0, 0.05) is 13.1 Å². The maximum atomic E-state index is 13.0. The summed E-state index contributed by atoms with van der Waals surface area (Å²) in [6, 6.07) is 15.6. The summed E-state index contributed by atoms with van der Waals surface area (Å²) in [4.78, 5) is 25.8. The van der Waals surface area contributed by atoms with E-state index in [-0.39, 0.29) is 18.0 Å². The standard InChI is InChI=1S/C23H26N2O4/c26-22(27)17-10-12-25(13-11-17)23(28)24-21(16-5-2-1-3-6-16)19-8-9-20-18(15-19)7-4-14-29-20/h1-3,5-6,8-9,15,17,21H,4,7,10-14H2,(H,24,28)(H,26,27). The molecule has 2 amide bonds. The van der Waals surface area contributed by atoms with Crippen LogP contribution in [0.1, 0.15) is 42.0 Å². The summed E-state index contributed by atoms with van der Waals surface area (Å²) in [5.41, 5.74) is 3.21. The molecule has 4 rings (SSSR count). The smallest absolute Gasteiger partial charge is 0.318 e. The average Bonchev–Trinajstić information content (AvgIpc) is 2.77. The number of carbonyl (C=O) groups is 2. The van der Waals surface area contributed by atoms with Crippen LogP contribution >= 0.6 is 0 Å². The van der Waals surface area contributed by atoms with Crippen molar-refractivity contribution in [2.24, 2.45) is 5.92 Å². The Morgan fingerprint density at radius 2 is 1.83 bits per heavy atom. The van der Waals surface area contributed by atoms with E-state index in [0.29, 0.717) is 25.9 Å². The van der Waals surface area contributed by atoms with Crippen molar-refractivity contribution in [1.82, 2.24) is 10.2 Å². The molecule has 6 nitrogen and oxygen atoms in total. The molecule has 2 aliphatic rings. The third-order valence-electron chi connectivity index (χ3n) is 5.80. The molecular formula is C23H26N2O4. The number of piperidine rings is 1. The summed E-state index contributed by atoms with van der Waals surface area (Å²) in [6.45, 7) is 1.67. The highest BCUT2D eigenvalue weighted by atomic mass is 16.5. The van der Waals surface area contributed by atoms with Crippen molar-refractivity contribution in [1.29, 1.82) is 0 Å². The minimum Gasteiger partial charge on any atom is -0.493 e. The second kappa shape index (κ2) is 8.55. The van der Waals surface area contributed by atoms with Crippen molar-refractivity contribution in [3.63, 3.8) is 0 Å². The van der Waals surface area contributed by atoms with Gasteiger partial charge in [-0.05, 0) is 54.5 Å². The van der Waals surface area contributed by atoms with Gasteiger partial charge in [-0.25, -0.2) is 4.79 Å². The molecule has 2 N–H and O–H groups in total. The molecule has 1 atom stereocenters. The second-order valence-corrected chi connectivity index (χ2v) is 7.71. The normalized spacial score (nSPS) is 17.7. The van der Waals surface area contributed by atoms with Crippen LogP contribution in [0.5, 0.6) is 5.75 Å². The largest absolute Gasteiger partial charge is 0.493 e. The van der Waals surface area contributed by atoms with Crippen molar-refractivity contribution in [3.8, 4) is 5.75 Å². The monoisotopic (exact) mass is 394 g/mol. The van der Waals surface area contributed by atoms with E-state index in [0.717, 1.165) is 36.3 Å². The Kier molecular flexibility index (Phi) is 5.69. The lowest BCUT2D eigenvalue weighted by Gasteiger charge is -2.32. The van der Waals surface area contributed by atoms with Crippen LogP contribution in [0, 0.1) is 5.92 Å². The fourth-order valence-corrected chi connectivity index (χ4v) is 4.11. The predicted octanol–water partition coefficient (Wildman–Crippen LogP) is 3.61. The maximum absolute atomic E-state index is 13.0. The Bertz CT molecular complexity index is 876. The van der Waals surface area contributed by atoms with E-state index < -0.39 is 5.97 Å². The predicted molar refractivity (Wildman–Crippen MR) is 109 cm³/mol. The molecule has 2 aliphatic heterocycles. The van der Waals surface area contributed by atoms with E-state index in [1.165, 1.54) is 5.56 Å². The van der Waals surface area contributed by atoms with Crippen LogP contribution in [0.3, 0.4) is 0 Å². The van der Waals surface area contributed by atoms with Crippen molar-refractivity contribution in [3.05, 3.63) is 65.2 Å². The molecule has 0 aromatic heterocycles. The van der Waals surface area contributed by atoms with Crippen LogP contribution in [0.25, 0.3) is 0 Å². The Morgan fingerprint density at radius 1 is 1.07 bits per heavy atom. The van der Waals surface area contributed by atoms with Crippen molar-refractivity contribution in [2.45, 2.75) is 31.7 Å². The number of rotatable bonds is 4. The zero-order valence-corrected chi connectivity index (χ0v) is 16.3. The van der Waals surface area contributed by atoms with Crippen LogP contribution in [0.2, 0.25) is 0 Å². The number of fused-ring (bicyclic) bond motifs is 1. The number of benzene rings is 2. The highest BCUT2D eigenvalue weighted by Crippen LogP contribution is 2.30. The van der Waals surface area contributed by atoms with Crippen LogP contribution in [0.4, 0.5) is 4.79 Å². The van der Waals surface area contributed by atoms with E-state index in [9.17, 15) is 14.7 Å². The molecule has 0 bridgehead atoms. The third-order valence-corrected chi connectivity index (χ3v) is 5.80. The number of ether oxygens (including phenoxy) is 1. The molecule has 1 unspecified atom stereocenters. The first-order valence-electron chi connectivity index (χ1n) is 10.2. The summed E-state index contributed by atoms with van der Waals surface area (Å²) in [5.74, 6) is -0.206. The number of hydrogen-bond acceptors (Lipinski definition) is 3. The van der Waals surface area contributed by atoms with Gasteiger partial charge in [0.2, 0.25) is 0 Å². The number of carboxylic acid groups (broad SMARTS) is 1. The van der Waals surface area contributed by atoms with E-state index in [4.69, 9.17) is 4.74 Å². The molecule has 2 heterocycles. The SMILES string of the molecule is O=C(O)C1CCN(C(=O)NC(c2ccccc2)c2ccc3c(c2)CCCO3)CC1. The molecule has 0 radical (unpaired) electrons. The number of carboxylic acids is 1. The topological polar surface area (TPSA) is 78.9 Å². The molecule has 1 fully saturated rings. The molecule has 0 aliphatic carbocycles. The third kappa shape index (κ3) is 4.36. The fourth-order valence-electron chi connectivity index (χ4n) is 4.11. The summed E-state index contributed by atoms with van der Waals surface area (Å²) < 4.78 is 5.73. The Hall–Kier alpha value is -3.02. The van der Waals surface area contributed by atoms with E-state index >= 15 is 0 Å². The Morgan fingerprint density at radius 3 is 2.55 bits per heavy atom. The highest BCUT2D eigenvalue weighted by molar-refractivity contribution is 5.76. The first kappa shape index (κ1) is 19.3. The summed E-state index contributed by atoms with van der Waals surface area (Å²) >= 11 is 0. The summed E-state index contributed by atoms with van der Waals surface area (Å²) in [6.07, 6.45) is 2.96. The Labute approximate surface area is 170 Å². The quantitative estimate of drug-likeness (QED) is 0.830. The van der Waals surface area contributed by atoms with Gasteiger partial charge in [-0.15, -0.1) is 0 Å². The molecule has 2 aromatic rings. The van der Waals surface area contributed by atoms with Gasteiger partial charge >= 0.3 is 12.0 Å². The van der Waals surface area contributed by atoms with Crippen LogP contribution in [0.15, 0.2) is 48.5 Å². The number of aryl methyl sites for hydroxylation is 1. The van der Waals surface area contributed by atoms with Gasteiger partial charge < -0.3 is 20.1 Å². The van der Waals surface area contributed by atoms with E-state index in [1.807, 2.05) is 42.5 Å². The summed E-state index contributed by atoms with van der Waals surface area (Å²) in [7, 11) is 0. The van der Waals surface area contributed by atoms with Gasteiger partial charge in [0.15, 0.2) is 0 Å². The van der Waals surface area contributed by atoms with Gasteiger partial charge in [0.25, 0.3) is 0 Å². The maximum Gasteiger partial charge on any atom is 0.318 e. The van der Waals surface area contributed by atoms with Crippen molar-refractivity contribution < 1.29 is 19.4 Å². The van der Waals surface area contributed by atoms with Crippen LogP contribution in [-0.4, -0.2) is 41.7 Å². The van der Waals surface area contributed by atoms with E-state index in [1.54, 1.807) is 4.90 Å². The summed E-state index contributed by atoms with van der Waals surface area (Å²) in [5, 5.41) is 12.3. The lowest BCUT2D eigenvalue weighted by molar-refractivity contribution is -0.143. The first-order chi connectivity index (χ1) is 14.1. The Balaban J connectivity index is 1.54. The fraction of sp³-hybridized carbons (Fsp3) is 0.391. The number of likely N-dealkylation sites (tertiary alicyclic amines) is 1. The number of hydrogen-bond donors (Lipinski definition) is 2. The van der Waals surface area contributed by atoms with E-state index in [2.05, 4.69) is 11.4 Å². The highest BCUT2D eigenvalue weighted by Gasteiger charge is 2.28. The van der Waals surface area contributed by atoms with Crippen molar-refractivity contribution in [2.75, 3.05) is 19.7 Å². The van der Waals surface area contributed by atoms with Crippen LogP contribution in [-0.2, 0) is 11.2 Å². The van der Waals surface area contributed by atoms with Gasteiger partial charge in [-0.2, -0.15) is 0 Å². The number of urea groups is 1. The van der Waals surface area contributed by atoms with Gasteiger partial charge in [-0.1, -0.05) is 36.4 Å². The first-order valence-corrected chi connectivity index (χ1v) is 10.2. The molecule has 2 aromatic carbocycles. The number of aliphatic carboxylic acids is 1. The number of carbonyl (C=O) groups excluding carboxylic acids is 1. The molecule has 29 heavy (non-hydrogen) atoms. The lowest BCUT2D eigenvalue weighted by atomic mass is 9.94. The minimum absolute atomic E-state index is 0.156. The van der Waals surface area contributed by atoms with Crippen molar-refractivity contribution >= 4 is 12.0 Å². The number of amides is 2. The lowest BCUT2D eigenvalue weighted by Crippen LogP contribution is -2.46. The molecule has 1 saturated heterocycles. The molecule has 0 spiro atoms. The molecule has 0 saturated carbocycles. The van der Waals surface area contributed by atoms with Gasteiger partial charge in [0.05, 0.1) is 18.6 Å². The zero-order chi connectivity index (χ0) is 20.2.